The second-order valence-electron chi connectivity index (χ2n) is 6.13. The molecule has 0 radical (unpaired) electrons. The molecule has 1 saturated carbocycles. The molecule has 1 aromatic heterocycles. The molecule has 0 bridgehead atoms. The van der Waals surface area contributed by atoms with Gasteiger partial charge in [0.15, 0.2) is 0 Å². The molecule has 0 unspecified atom stereocenters. The molecule has 1 fully saturated rings. The van der Waals surface area contributed by atoms with Crippen LogP contribution >= 0.6 is 0 Å². The number of nitrogens with one attached hydrogen (secondary N) is 1. The third-order valence-corrected chi connectivity index (χ3v) is 4.20. The van der Waals surface area contributed by atoms with E-state index in [-0.39, 0.29) is 5.91 Å². The van der Waals surface area contributed by atoms with Crippen molar-refractivity contribution in [2.24, 2.45) is 5.73 Å². The van der Waals surface area contributed by atoms with E-state index in [4.69, 9.17) is 5.73 Å². The van der Waals surface area contributed by atoms with Crippen molar-refractivity contribution in [3.05, 3.63) is 42.1 Å². The third-order valence-electron chi connectivity index (χ3n) is 4.20. The maximum Gasteiger partial charge on any atom is 0.242 e. The van der Waals surface area contributed by atoms with Crippen LogP contribution in [0, 0.1) is 0 Å². The molecule has 1 aromatic carbocycles. The number of H-pyrrole nitrogens is 1. The average Bonchev–Trinajstić information content (AvgIpc) is 3.12. The van der Waals surface area contributed by atoms with E-state index in [0.29, 0.717) is 0 Å². The molecule has 3 rings (SSSR count). The molecule has 1 heterocycles. The summed E-state index contributed by atoms with van der Waals surface area (Å²) in [6.07, 6.45) is 3.40. The van der Waals surface area contributed by atoms with Crippen molar-refractivity contribution < 1.29 is 4.79 Å². The van der Waals surface area contributed by atoms with Gasteiger partial charge in [0, 0.05) is 24.8 Å². The van der Waals surface area contributed by atoms with Crippen LogP contribution < -0.4 is 5.73 Å². The Morgan fingerprint density at radius 3 is 2.77 bits per heavy atom. The van der Waals surface area contributed by atoms with Gasteiger partial charge < -0.3 is 10.6 Å². The number of hydrogen-bond acceptors (Lipinski definition) is 3. The van der Waals surface area contributed by atoms with E-state index in [9.17, 15) is 4.79 Å². The largest absolute Gasteiger partial charge is 0.344 e. The first-order valence-electron chi connectivity index (χ1n) is 7.73. The molecule has 0 spiro atoms. The van der Waals surface area contributed by atoms with Gasteiger partial charge in [0.25, 0.3) is 0 Å². The number of likely N-dealkylation sites (N-methyl/N-ethyl adjacent to an activating group) is 1. The summed E-state index contributed by atoms with van der Waals surface area (Å²) in [5.41, 5.74) is 8.52. The molecule has 22 heavy (non-hydrogen) atoms. The van der Waals surface area contributed by atoms with E-state index in [1.54, 1.807) is 4.90 Å². The number of hydrogen-bond donors (Lipinski definition) is 2. The number of aromatic nitrogens is 2. The van der Waals surface area contributed by atoms with Gasteiger partial charge >= 0.3 is 0 Å². The fraction of sp³-hybridized carbons (Fsp3) is 0.412. The normalized spacial score (nSPS) is 15.5. The number of amides is 1. The molecule has 0 aliphatic heterocycles. The Kier molecular flexibility index (Phi) is 3.98. The highest BCUT2D eigenvalue weighted by atomic mass is 16.2. The standard InChI is InChI=1S/C17H22N4O/c1-21(16(22)17(18)9-10-17)11-5-8-14-12-15(20-19-14)13-6-3-2-4-7-13/h2-4,6-7,12H,5,8-11,18H2,1H3,(H,19,20). The summed E-state index contributed by atoms with van der Waals surface area (Å²) in [6.45, 7) is 0.720. The molecule has 1 amide bonds. The second-order valence-corrected chi connectivity index (χ2v) is 6.13. The molecule has 2 aromatic rings. The molecule has 5 heteroatoms. The summed E-state index contributed by atoms with van der Waals surface area (Å²) in [5.74, 6) is 0.0714. The Morgan fingerprint density at radius 2 is 2.09 bits per heavy atom. The SMILES string of the molecule is CN(CCCc1cc(-c2ccccc2)n[nH]1)C(=O)C1(N)CC1. The zero-order valence-electron chi connectivity index (χ0n) is 12.9. The first kappa shape index (κ1) is 14.8. The van der Waals surface area contributed by atoms with E-state index in [1.807, 2.05) is 37.4 Å². The highest BCUT2D eigenvalue weighted by Crippen LogP contribution is 2.33. The predicted molar refractivity (Wildman–Crippen MR) is 86.1 cm³/mol. The molecule has 0 atom stereocenters. The van der Waals surface area contributed by atoms with Gasteiger partial charge in [-0.2, -0.15) is 5.10 Å². The van der Waals surface area contributed by atoms with Crippen molar-refractivity contribution in [3.63, 3.8) is 0 Å². The number of carbonyl (C=O) groups excluding carboxylic acids is 1. The van der Waals surface area contributed by atoms with Crippen LogP contribution in [0.4, 0.5) is 0 Å². The number of aromatic amines is 1. The molecule has 1 aliphatic rings. The van der Waals surface area contributed by atoms with Gasteiger partial charge in [-0.05, 0) is 31.7 Å². The first-order valence-corrected chi connectivity index (χ1v) is 7.73. The zero-order valence-corrected chi connectivity index (χ0v) is 12.9. The van der Waals surface area contributed by atoms with Crippen LogP contribution in [-0.4, -0.2) is 40.1 Å². The Morgan fingerprint density at radius 1 is 1.36 bits per heavy atom. The molecule has 1 aliphatic carbocycles. The summed E-state index contributed by atoms with van der Waals surface area (Å²) < 4.78 is 0. The summed E-state index contributed by atoms with van der Waals surface area (Å²) >= 11 is 0. The molecule has 0 saturated heterocycles. The van der Waals surface area contributed by atoms with E-state index >= 15 is 0 Å². The topological polar surface area (TPSA) is 75.0 Å². The number of nitrogens with zero attached hydrogens (tertiary/aromatic N) is 2. The zero-order chi connectivity index (χ0) is 15.6. The third kappa shape index (κ3) is 3.20. The van der Waals surface area contributed by atoms with Gasteiger partial charge in [-0.25, -0.2) is 0 Å². The molecular formula is C17H22N4O. The number of benzene rings is 1. The van der Waals surface area contributed by atoms with Crippen LogP contribution in [0.2, 0.25) is 0 Å². The Labute approximate surface area is 130 Å². The Bertz CT molecular complexity index is 646. The van der Waals surface area contributed by atoms with Crippen LogP contribution in [-0.2, 0) is 11.2 Å². The van der Waals surface area contributed by atoms with Gasteiger partial charge in [0.1, 0.15) is 0 Å². The van der Waals surface area contributed by atoms with Gasteiger partial charge in [-0.3, -0.25) is 9.89 Å². The first-order chi connectivity index (χ1) is 10.6. The maximum absolute atomic E-state index is 12.0. The molecule has 5 nitrogen and oxygen atoms in total. The Balaban J connectivity index is 1.50. The lowest BCUT2D eigenvalue weighted by atomic mass is 10.1. The fourth-order valence-electron chi connectivity index (χ4n) is 2.58. The lowest BCUT2D eigenvalue weighted by Crippen LogP contribution is -2.44. The highest BCUT2D eigenvalue weighted by Gasteiger charge is 2.47. The summed E-state index contributed by atoms with van der Waals surface area (Å²) in [5, 5.41) is 7.41. The number of nitrogens with two attached hydrogens (primary N) is 1. The summed E-state index contributed by atoms with van der Waals surface area (Å²) in [4.78, 5) is 13.8. The van der Waals surface area contributed by atoms with Crippen molar-refractivity contribution in [1.82, 2.24) is 15.1 Å². The minimum Gasteiger partial charge on any atom is -0.344 e. The van der Waals surface area contributed by atoms with Crippen LogP contribution in [0.3, 0.4) is 0 Å². The minimum absolute atomic E-state index is 0.0714. The number of aryl methyl sites for hydroxylation is 1. The van der Waals surface area contributed by atoms with E-state index < -0.39 is 5.54 Å². The van der Waals surface area contributed by atoms with E-state index in [1.165, 1.54) is 0 Å². The minimum atomic E-state index is -0.566. The van der Waals surface area contributed by atoms with Crippen molar-refractivity contribution in [2.75, 3.05) is 13.6 Å². The number of rotatable bonds is 6. The van der Waals surface area contributed by atoms with E-state index in [2.05, 4.69) is 16.3 Å². The maximum atomic E-state index is 12.0. The molecule has 116 valence electrons. The fourth-order valence-corrected chi connectivity index (χ4v) is 2.58. The van der Waals surface area contributed by atoms with Crippen molar-refractivity contribution in [3.8, 4) is 11.3 Å². The van der Waals surface area contributed by atoms with E-state index in [0.717, 1.165) is 49.2 Å². The van der Waals surface area contributed by atoms with Gasteiger partial charge in [0.2, 0.25) is 5.91 Å². The average molecular weight is 298 g/mol. The van der Waals surface area contributed by atoms with Crippen LogP contribution in [0.1, 0.15) is 25.0 Å². The highest BCUT2D eigenvalue weighted by molar-refractivity contribution is 5.88. The van der Waals surface area contributed by atoms with Crippen molar-refractivity contribution in [1.29, 1.82) is 0 Å². The van der Waals surface area contributed by atoms with Crippen molar-refractivity contribution in [2.45, 2.75) is 31.2 Å². The predicted octanol–water partition coefficient (Wildman–Crippen LogP) is 1.96. The number of carbonyl (C=O) groups is 1. The van der Waals surface area contributed by atoms with Gasteiger partial charge in [-0.15, -0.1) is 0 Å². The Hall–Kier alpha value is -2.14. The monoisotopic (exact) mass is 298 g/mol. The van der Waals surface area contributed by atoms with Gasteiger partial charge in [-0.1, -0.05) is 30.3 Å². The second kappa shape index (κ2) is 5.93. The summed E-state index contributed by atoms with van der Waals surface area (Å²) in [6, 6.07) is 12.2. The smallest absolute Gasteiger partial charge is 0.242 e. The molecular weight excluding hydrogens is 276 g/mol. The quantitative estimate of drug-likeness (QED) is 0.856. The van der Waals surface area contributed by atoms with Gasteiger partial charge in [0.05, 0.1) is 11.2 Å². The van der Waals surface area contributed by atoms with Crippen LogP contribution in [0.15, 0.2) is 36.4 Å². The summed E-state index contributed by atoms with van der Waals surface area (Å²) in [7, 11) is 1.83. The van der Waals surface area contributed by atoms with Crippen LogP contribution in [0.25, 0.3) is 11.3 Å². The lowest BCUT2D eigenvalue weighted by molar-refractivity contribution is -0.132. The van der Waals surface area contributed by atoms with Crippen molar-refractivity contribution >= 4 is 5.91 Å². The molecule has 3 N–H and O–H groups in total. The lowest BCUT2D eigenvalue weighted by Gasteiger charge is -2.20. The van der Waals surface area contributed by atoms with Crippen LogP contribution in [0.5, 0.6) is 0 Å².